The molecule has 3 aromatic rings. The Balaban J connectivity index is 1.84. The molecule has 1 amide bonds. The van der Waals surface area contributed by atoms with Crippen molar-refractivity contribution in [2.45, 2.75) is 37.8 Å². The number of carbonyl (C=O) groups excluding carboxylic acids is 1. The van der Waals surface area contributed by atoms with Gasteiger partial charge in [-0.25, -0.2) is 13.1 Å². The van der Waals surface area contributed by atoms with E-state index >= 15 is 0 Å². The number of nitrogens with zero attached hydrogens (tertiary/aromatic N) is 2. The molecule has 0 fully saturated rings. The molecule has 1 atom stereocenters. The summed E-state index contributed by atoms with van der Waals surface area (Å²) in [7, 11) is -3.61. The van der Waals surface area contributed by atoms with Crippen LogP contribution in [0.2, 0.25) is 0 Å². The van der Waals surface area contributed by atoms with Gasteiger partial charge in [-0.3, -0.25) is 4.79 Å². The van der Waals surface area contributed by atoms with E-state index in [2.05, 4.69) is 9.71 Å². The van der Waals surface area contributed by atoms with Crippen molar-refractivity contribution in [2.24, 2.45) is 4.99 Å². The Morgan fingerprint density at radius 1 is 1.00 bits per heavy atom. The fourth-order valence-corrected chi connectivity index (χ4v) is 4.17. The predicted octanol–water partition coefficient (Wildman–Crippen LogP) is 3.35. The Morgan fingerprint density at radius 3 is 2.33 bits per heavy atom. The molecule has 0 aliphatic rings. The van der Waals surface area contributed by atoms with Crippen molar-refractivity contribution >= 4 is 15.9 Å². The first-order chi connectivity index (χ1) is 14.4. The topological polar surface area (TPSA) is 80.5 Å². The first-order valence-electron chi connectivity index (χ1n) is 9.80. The van der Waals surface area contributed by atoms with Crippen LogP contribution in [0.15, 0.2) is 88.9 Å². The quantitative estimate of drug-likeness (QED) is 0.633. The molecule has 0 saturated heterocycles. The number of sulfonamides is 1. The van der Waals surface area contributed by atoms with Gasteiger partial charge in [0, 0.05) is 24.3 Å². The molecule has 0 aliphatic heterocycles. The van der Waals surface area contributed by atoms with E-state index in [-0.39, 0.29) is 10.9 Å². The Morgan fingerprint density at radius 2 is 1.67 bits per heavy atom. The summed E-state index contributed by atoms with van der Waals surface area (Å²) < 4.78 is 29.2. The highest BCUT2D eigenvalue weighted by atomic mass is 32.2. The largest absolute Gasteiger partial charge is 0.328 e. The molecule has 7 heteroatoms. The third-order valence-electron chi connectivity index (χ3n) is 4.71. The Kier molecular flexibility index (Phi) is 6.97. The van der Waals surface area contributed by atoms with Crippen molar-refractivity contribution < 1.29 is 13.2 Å². The lowest BCUT2D eigenvalue weighted by atomic mass is 10.2. The molecular formula is C23H25N3O3S. The fourth-order valence-electron chi connectivity index (χ4n) is 2.84. The summed E-state index contributed by atoms with van der Waals surface area (Å²) in [5, 5.41) is 0. The van der Waals surface area contributed by atoms with Gasteiger partial charge in [0.2, 0.25) is 10.0 Å². The average Bonchev–Trinajstić information content (AvgIpc) is 2.75. The normalized spacial score (nSPS) is 13.2. The van der Waals surface area contributed by atoms with Gasteiger partial charge in [0.05, 0.1) is 4.90 Å². The van der Waals surface area contributed by atoms with Gasteiger partial charge in [-0.1, -0.05) is 43.3 Å². The van der Waals surface area contributed by atoms with Crippen molar-refractivity contribution in [2.75, 3.05) is 0 Å². The Labute approximate surface area is 177 Å². The zero-order valence-electron chi connectivity index (χ0n) is 17.0. The van der Waals surface area contributed by atoms with Crippen LogP contribution < -0.4 is 10.2 Å². The summed E-state index contributed by atoms with van der Waals surface area (Å²) in [5.41, 5.74) is 1.95. The lowest BCUT2D eigenvalue weighted by Crippen LogP contribution is -2.32. The minimum absolute atomic E-state index is 0.123. The molecule has 1 heterocycles. The van der Waals surface area contributed by atoms with Crippen LogP contribution in [0.25, 0.3) is 0 Å². The molecular weight excluding hydrogens is 398 g/mol. The molecule has 1 aromatic heterocycles. The third kappa shape index (κ3) is 5.52. The van der Waals surface area contributed by atoms with Crippen molar-refractivity contribution in [1.29, 1.82) is 0 Å². The van der Waals surface area contributed by atoms with Crippen LogP contribution >= 0.6 is 0 Å². The molecule has 0 bridgehead atoms. The number of hydrogen-bond acceptors (Lipinski definition) is 3. The van der Waals surface area contributed by atoms with E-state index in [1.807, 2.05) is 60.2 Å². The highest BCUT2D eigenvalue weighted by Gasteiger charge is 2.17. The van der Waals surface area contributed by atoms with Gasteiger partial charge in [0.15, 0.2) is 0 Å². The van der Waals surface area contributed by atoms with Gasteiger partial charge in [-0.15, -0.1) is 0 Å². The van der Waals surface area contributed by atoms with E-state index < -0.39 is 15.9 Å². The van der Waals surface area contributed by atoms with E-state index in [0.29, 0.717) is 24.0 Å². The third-order valence-corrected chi connectivity index (χ3v) is 6.31. The summed E-state index contributed by atoms with van der Waals surface area (Å²) >= 11 is 0. The molecule has 1 N–H and O–H groups in total. The molecule has 30 heavy (non-hydrogen) atoms. The monoisotopic (exact) mass is 423 g/mol. The molecule has 3 rings (SSSR count). The summed E-state index contributed by atoms with van der Waals surface area (Å²) in [6.45, 7) is 4.30. The van der Waals surface area contributed by atoms with Crippen LogP contribution in [-0.2, 0) is 16.6 Å². The van der Waals surface area contributed by atoms with E-state index in [1.165, 1.54) is 24.3 Å². The maximum atomic E-state index is 12.7. The smallest absolute Gasteiger partial charge is 0.278 e. The summed E-state index contributed by atoms with van der Waals surface area (Å²) in [5.74, 6) is -0.429. The number of carbonyl (C=O) groups is 1. The standard InChI is InChI=1S/C23H25N3O3S/c1-3-18(2)25-30(28,29)21-14-12-20(13-15-21)23(27)24-22-11-7-8-16-26(22)17-19-9-5-4-6-10-19/h4-16,18,25H,3,17H2,1-2H3. The van der Waals surface area contributed by atoms with Gasteiger partial charge in [-0.05, 0) is 55.3 Å². The fraction of sp³-hybridized carbons (Fsp3) is 0.217. The number of pyridine rings is 1. The SMILES string of the molecule is CCC(C)NS(=O)(=O)c1ccc(C(=O)N=c2ccccn2Cc2ccccc2)cc1. The number of rotatable bonds is 7. The van der Waals surface area contributed by atoms with Crippen molar-refractivity contribution in [3.8, 4) is 0 Å². The average molecular weight is 424 g/mol. The van der Waals surface area contributed by atoms with Gasteiger partial charge in [0.1, 0.15) is 5.49 Å². The predicted molar refractivity (Wildman–Crippen MR) is 116 cm³/mol. The van der Waals surface area contributed by atoms with E-state index in [4.69, 9.17) is 0 Å². The number of aromatic nitrogens is 1. The van der Waals surface area contributed by atoms with Crippen molar-refractivity contribution in [3.63, 3.8) is 0 Å². The molecule has 0 aliphatic carbocycles. The molecule has 156 valence electrons. The van der Waals surface area contributed by atoms with Crippen LogP contribution in [0.3, 0.4) is 0 Å². The second kappa shape index (κ2) is 9.65. The molecule has 0 spiro atoms. The first-order valence-corrected chi connectivity index (χ1v) is 11.3. The lowest BCUT2D eigenvalue weighted by molar-refractivity contribution is 0.0997. The number of amides is 1. The van der Waals surface area contributed by atoms with Crippen LogP contribution in [0.5, 0.6) is 0 Å². The maximum absolute atomic E-state index is 12.7. The van der Waals surface area contributed by atoms with E-state index in [9.17, 15) is 13.2 Å². The van der Waals surface area contributed by atoms with Gasteiger partial charge in [0.25, 0.3) is 5.91 Å². The summed E-state index contributed by atoms with van der Waals surface area (Å²) in [6.07, 6.45) is 2.56. The van der Waals surface area contributed by atoms with Crippen molar-refractivity contribution in [3.05, 3.63) is 95.6 Å². The number of benzene rings is 2. The molecule has 2 aromatic carbocycles. The zero-order chi connectivity index (χ0) is 21.6. The van der Waals surface area contributed by atoms with Crippen molar-refractivity contribution in [1.82, 2.24) is 9.29 Å². The van der Waals surface area contributed by atoms with E-state index in [1.54, 1.807) is 13.0 Å². The van der Waals surface area contributed by atoms with Gasteiger partial charge >= 0.3 is 0 Å². The van der Waals surface area contributed by atoms with Crippen LogP contribution in [-0.4, -0.2) is 24.9 Å². The first kappa shape index (κ1) is 21.7. The number of hydrogen-bond donors (Lipinski definition) is 1. The molecule has 0 saturated carbocycles. The van der Waals surface area contributed by atoms with Crippen LogP contribution in [0, 0.1) is 0 Å². The second-order valence-corrected chi connectivity index (χ2v) is 8.76. The van der Waals surface area contributed by atoms with Crippen LogP contribution in [0.4, 0.5) is 0 Å². The Hall–Kier alpha value is -3.03. The molecule has 1 unspecified atom stereocenters. The zero-order valence-corrected chi connectivity index (χ0v) is 17.8. The second-order valence-electron chi connectivity index (χ2n) is 7.04. The minimum atomic E-state index is -3.61. The van der Waals surface area contributed by atoms with Gasteiger partial charge < -0.3 is 4.57 Å². The summed E-state index contributed by atoms with van der Waals surface area (Å²) in [4.78, 5) is 17.0. The van der Waals surface area contributed by atoms with Crippen LogP contribution in [0.1, 0.15) is 36.2 Å². The number of nitrogens with one attached hydrogen (secondary N) is 1. The highest BCUT2D eigenvalue weighted by molar-refractivity contribution is 7.89. The molecule has 6 nitrogen and oxygen atoms in total. The Bertz CT molecular complexity index is 1170. The van der Waals surface area contributed by atoms with Gasteiger partial charge in [-0.2, -0.15) is 4.99 Å². The lowest BCUT2D eigenvalue weighted by Gasteiger charge is -2.12. The molecule has 0 radical (unpaired) electrons. The summed E-state index contributed by atoms with van der Waals surface area (Å²) in [6, 6.07) is 21.1. The minimum Gasteiger partial charge on any atom is -0.328 e. The maximum Gasteiger partial charge on any atom is 0.278 e. The highest BCUT2D eigenvalue weighted by Crippen LogP contribution is 2.12. The van der Waals surface area contributed by atoms with E-state index in [0.717, 1.165) is 5.56 Å².